The summed E-state index contributed by atoms with van der Waals surface area (Å²) in [5.74, 6) is 1.56. The second-order valence-corrected chi connectivity index (χ2v) is 14.2. The molecule has 1 atom stereocenters. The molecule has 12 nitrogen and oxygen atoms in total. The van der Waals surface area contributed by atoms with Crippen LogP contribution in [0.1, 0.15) is 43.7 Å². The topological polar surface area (TPSA) is 108 Å². The van der Waals surface area contributed by atoms with Gasteiger partial charge in [0.1, 0.15) is 23.6 Å². The van der Waals surface area contributed by atoms with Gasteiger partial charge >= 0.3 is 0 Å². The number of hydrogen-bond acceptors (Lipinski definition) is 11. The summed E-state index contributed by atoms with van der Waals surface area (Å²) in [5, 5.41) is 8.13. The largest absolute Gasteiger partial charge is 0.494 e. The number of nitrogens with zero attached hydrogens (tertiary/aromatic N) is 6. The molecular weight excluding hydrogens is 688 g/mol. The number of hydrogen-bond donors (Lipinski definition) is 2. The average Bonchev–Trinajstić information content (AvgIpc) is 3.95. The van der Waals surface area contributed by atoms with E-state index in [4.69, 9.17) is 14.3 Å². The van der Waals surface area contributed by atoms with Gasteiger partial charge in [0.05, 0.1) is 36.8 Å². The fourth-order valence-electron chi connectivity index (χ4n) is 7.85. The smallest absolute Gasteiger partial charge is 0.247 e. The summed E-state index contributed by atoms with van der Waals surface area (Å²) in [5.41, 5.74) is 3.00. The maximum absolute atomic E-state index is 14.8. The zero-order valence-electron chi connectivity index (χ0n) is 30.6. The van der Waals surface area contributed by atoms with E-state index >= 15 is 0 Å². The standard InChI is InChI=1S/C41H47FN8O4/c1-3-41(51)46-33-24-34(38(52-2)25-36(33)49-16-13-30(14-17-49)48-20-18-47(19-21-48)29-10-11-29)45-39-26-40(44-27-43-39)50-35(15-22-53-50)28-9-12-32(42)37(23-28)54-31-7-5-4-6-8-31/h3-9,12,23-27,29-30,35H,1,10-11,13-22H2,2H3,(H,46,51)(H,43,44,45). The lowest BCUT2D eigenvalue weighted by atomic mass is 10.0. The lowest BCUT2D eigenvalue weighted by Gasteiger charge is -2.43. The van der Waals surface area contributed by atoms with Crippen LogP contribution in [-0.2, 0) is 9.63 Å². The first-order valence-electron chi connectivity index (χ1n) is 18.9. The SMILES string of the molecule is C=CC(=O)Nc1cc(Nc2cc(N3OCCC3c3ccc(F)c(Oc4ccccc4)c3)ncn2)c(OC)cc1N1CCC(N2CCN(C3CC3)CC2)CC1. The molecule has 1 unspecified atom stereocenters. The summed E-state index contributed by atoms with van der Waals surface area (Å²) < 4.78 is 26.6. The van der Waals surface area contributed by atoms with Crippen LogP contribution in [0, 0.1) is 5.82 Å². The van der Waals surface area contributed by atoms with Gasteiger partial charge in [-0.05, 0) is 67.7 Å². The number of carbonyl (C=O) groups is 1. The van der Waals surface area contributed by atoms with Crippen molar-refractivity contribution in [3.8, 4) is 17.2 Å². The van der Waals surface area contributed by atoms with Gasteiger partial charge in [0.25, 0.3) is 0 Å². The Morgan fingerprint density at radius 1 is 0.870 bits per heavy atom. The van der Waals surface area contributed by atoms with Gasteiger partial charge in [0.2, 0.25) is 5.91 Å². The van der Waals surface area contributed by atoms with E-state index in [-0.39, 0.29) is 17.7 Å². The molecule has 1 saturated carbocycles. The molecule has 1 aliphatic carbocycles. The molecule has 2 N–H and O–H groups in total. The minimum Gasteiger partial charge on any atom is -0.494 e. The van der Waals surface area contributed by atoms with Crippen LogP contribution in [-0.4, -0.2) is 90.7 Å². The van der Waals surface area contributed by atoms with E-state index in [1.165, 1.54) is 44.4 Å². The Kier molecular flexibility index (Phi) is 10.6. The number of amides is 1. The Bertz CT molecular complexity index is 1950. The molecule has 4 heterocycles. The van der Waals surface area contributed by atoms with E-state index in [1.807, 2.05) is 30.3 Å². The lowest BCUT2D eigenvalue weighted by Crippen LogP contribution is -2.53. The molecule has 4 fully saturated rings. The predicted octanol–water partition coefficient (Wildman–Crippen LogP) is 6.92. The first-order valence-corrected chi connectivity index (χ1v) is 18.9. The molecule has 1 aromatic heterocycles. The predicted molar refractivity (Wildman–Crippen MR) is 207 cm³/mol. The van der Waals surface area contributed by atoms with Gasteiger partial charge in [-0.15, -0.1) is 0 Å². The number of piperazine rings is 1. The summed E-state index contributed by atoms with van der Waals surface area (Å²) in [6.45, 7) is 10.5. The number of nitrogens with one attached hydrogen (secondary N) is 2. The molecule has 0 bridgehead atoms. The summed E-state index contributed by atoms with van der Waals surface area (Å²) in [6, 6.07) is 20.8. The first-order chi connectivity index (χ1) is 26.4. The third kappa shape index (κ3) is 7.98. The van der Waals surface area contributed by atoms with Crippen molar-refractivity contribution in [3.05, 3.63) is 97.1 Å². The van der Waals surface area contributed by atoms with Gasteiger partial charge in [0.15, 0.2) is 17.4 Å². The highest BCUT2D eigenvalue weighted by atomic mass is 19.1. The van der Waals surface area contributed by atoms with E-state index in [0.717, 1.165) is 56.3 Å². The minimum absolute atomic E-state index is 0.136. The molecule has 4 aromatic rings. The highest BCUT2D eigenvalue weighted by Crippen LogP contribution is 2.41. The summed E-state index contributed by atoms with van der Waals surface area (Å²) in [7, 11) is 1.63. The van der Waals surface area contributed by atoms with Crippen molar-refractivity contribution < 1.29 is 23.5 Å². The van der Waals surface area contributed by atoms with E-state index in [9.17, 15) is 9.18 Å². The molecule has 8 rings (SSSR count). The molecule has 4 aliphatic rings. The molecule has 1 amide bonds. The quantitative estimate of drug-likeness (QED) is 0.148. The number of methoxy groups -OCH3 is 1. The summed E-state index contributed by atoms with van der Waals surface area (Å²) in [4.78, 5) is 35.4. The van der Waals surface area contributed by atoms with E-state index in [0.29, 0.717) is 53.6 Å². The van der Waals surface area contributed by atoms with Crippen LogP contribution in [0.15, 0.2) is 85.7 Å². The number of anilines is 5. The third-order valence-electron chi connectivity index (χ3n) is 10.9. The number of halogens is 1. The highest BCUT2D eigenvalue weighted by molar-refractivity contribution is 6.02. The first kappa shape index (κ1) is 35.8. The Morgan fingerprint density at radius 2 is 1.61 bits per heavy atom. The van der Waals surface area contributed by atoms with Crippen LogP contribution in [0.5, 0.6) is 17.2 Å². The van der Waals surface area contributed by atoms with Crippen molar-refractivity contribution in [2.45, 2.75) is 50.2 Å². The monoisotopic (exact) mass is 734 g/mol. The number of benzene rings is 3. The van der Waals surface area contributed by atoms with E-state index in [2.05, 4.69) is 41.9 Å². The molecule has 3 aliphatic heterocycles. The highest BCUT2D eigenvalue weighted by Gasteiger charge is 2.34. The molecule has 0 spiro atoms. The summed E-state index contributed by atoms with van der Waals surface area (Å²) >= 11 is 0. The second kappa shape index (κ2) is 16.0. The molecule has 54 heavy (non-hydrogen) atoms. The van der Waals surface area contributed by atoms with Crippen LogP contribution in [0.4, 0.5) is 33.1 Å². The van der Waals surface area contributed by atoms with Gasteiger partial charge in [-0.25, -0.2) is 19.4 Å². The Morgan fingerprint density at radius 3 is 2.31 bits per heavy atom. The molecule has 3 aromatic carbocycles. The molecule has 3 saturated heterocycles. The zero-order valence-corrected chi connectivity index (χ0v) is 30.6. The second-order valence-electron chi connectivity index (χ2n) is 14.2. The number of para-hydroxylation sites is 1. The van der Waals surface area contributed by atoms with Crippen molar-refractivity contribution in [1.82, 2.24) is 19.8 Å². The molecule has 0 radical (unpaired) electrons. The van der Waals surface area contributed by atoms with Crippen molar-refractivity contribution in [2.75, 3.05) is 73.6 Å². The Hall–Kier alpha value is -5.24. The zero-order chi connectivity index (χ0) is 37.0. The molecule has 282 valence electrons. The van der Waals surface area contributed by atoms with Crippen LogP contribution in [0.3, 0.4) is 0 Å². The van der Waals surface area contributed by atoms with Crippen molar-refractivity contribution in [1.29, 1.82) is 0 Å². The molecule has 13 heteroatoms. The minimum atomic E-state index is -0.452. The van der Waals surface area contributed by atoms with Gasteiger partial charge in [-0.3, -0.25) is 19.4 Å². The molecular formula is C41H47FN8O4. The Labute approximate surface area is 315 Å². The normalized spacial score (nSPS) is 19.8. The average molecular weight is 735 g/mol. The van der Waals surface area contributed by atoms with Gasteiger partial charge in [-0.1, -0.05) is 30.8 Å². The summed E-state index contributed by atoms with van der Waals surface area (Å²) in [6.07, 6.45) is 8.24. The fraction of sp³-hybridized carbons (Fsp3) is 0.390. The van der Waals surface area contributed by atoms with E-state index < -0.39 is 5.82 Å². The van der Waals surface area contributed by atoms with Crippen LogP contribution >= 0.6 is 0 Å². The van der Waals surface area contributed by atoms with Crippen molar-refractivity contribution >= 4 is 34.6 Å². The number of piperidine rings is 1. The van der Waals surface area contributed by atoms with E-state index in [1.54, 1.807) is 42.5 Å². The van der Waals surface area contributed by atoms with Crippen molar-refractivity contribution in [2.24, 2.45) is 0 Å². The number of rotatable bonds is 12. The number of aromatic nitrogens is 2. The number of hydroxylamine groups is 1. The maximum Gasteiger partial charge on any atom is 0.247 e. The van der Waals surface area contributed by atoms with Gasteiger partial charge in [-0.2, -0.15) is 0 Å². The fourth-order valence-corrected chi connectivity index (χ4v) is 7.85. The van der Waals surface area contributed by atoms with Crippen LogP contribution in [0.25, 0.3) is 0 Å². The maximum atomic E-state index is 14.8. The van der Waals surface area contributed by atoms with Crippen molar-refractivity contribution in [3.63, 3.8) is 0 Å². The number of carbonyl (C=O) groups excluding carboxylic acids is 1. The lowest BCUT2D eigenvalue weighted by molar-refractivity contribution is -0.111. The Balaban J connectivity index is 0.987. The van der Waals surface area contributed by atoms with Crippen LogP contribution in [0.2, 0.25) is 0 Å². The van der Waals surface area contributed by atoms with Gasteiger partial charge in [0, 0.05) is 69.9 Å². The number of ether oxygens (including phenoxy) is 2. The third-order valence-corrected chi connectivity index (χ3v) is 10.9. The van der Waals surface area contributed by atoms with Crippen LogP contribution < -0.4 is 30.1 Å². The van der Waals surface area contributed by atoms with Gasteiger partial charge < -0.3 is 25.0 Å².